The Kier molecular flexibility index (Phi) is 6.89. The molecule has 0 bridgehead atoms. The number of fused-ring (bicyclic) bond motifs is 8. The highest BCUT2D eigenvalue weighted by Crippen LogP contribution is 2.40. The van der Waals surface area contributed by atoms with Crippen LogP contribution >= 0.6 is 0 Å². The Balaban J connectivity index is 1.08. The van der Waals surface area contributed by atoms with E-state index in [1.165, 1.54) is 76.1 Å². The van der Waals surface area contributed by atoms with Gasteiger partial charge in [-0.2, -0.15) is 0 Å². The molecule has 51 heavy (non-hydrogen) atoms. The van der Waals surface area contributed by atoms with E-state index in [0.717, 1.165) is 17.1 Å². The molecule has 0 radical (unpaired) electrons. The summed E-state index contributed by atoms with van der Waals surface area (Å²) in [5.41, 5.74) is 8.16. The average Bonchev–Trinajstić information content (AvgIpc) is 3.21. The summed E-state index contributed by atoms with van der Waals surface area (Å²) < 4.78 is 0. The lowest BCUT2D eigenvalue weighted by atomic mass is 9.95. The molecule has 0 amide bonds. The zero-order valence-corrected chi connectivity index (χ0v) is 28.0. The second-order valence-electron chi connectivity index (χ2n) is 13.4. The van der Waals surface area contributed by atoms with E-state index in [1.54, 1.807) is 0 Å². The molecule has 10 aromatic rings. The summed E-state index contributed by atoms with van der Waals surface area (Å²) in [6, 6.07) is 73.1. The first-order valence-corrected chi connectivity index (χ1v) is 17.6. The predicted molar refractivity (Wildman–Crippen MR) is 220 cm³/mol. The highest BCUT2D eigenvalue weighted by molar-refractivity contribution is 6.17. The van der Waals surface area contributed by atoms with E-state index in [9.17, 15) is 0 Å². The third kappa shape index (κ3) is 5.10. The lowest BCUT2D eigenvalue weighted by molar-refractivity contribution is 1.29. The summed E-state index contributed by atoms with van der Waals surface area (Å²) in [7, 11) is 0. The fraction of sp³-hybridized carbons (Fsp3) is 0. The van der Waals surface area contributed by atoms with Gasteiger partial charge in [0.15, 0.2) is 0 Å². The van der Waals surface area contributed by atoms with Gasteiger partial charge in [-0.1, -0.05) is 158 Å². The van der Waals surface area contributed by atoms with Crippen molar-refractivity contribution in [1.82, 2.24) is 0 Å². The topological polar surface area (TPSA) is 3.24 Å². The number of rotatable bonds is 5. The van der Waals surface area contributed by atoms with Crippen LogP contribution in [0.4, 0.5) is 17.1 Å². The number of anilines is 3. The van der Waals surface area contributed by atoms with Crippen molar-refractivity contribution in [3.63, 3.8) is 0 Å². The quantitative estimate of drug-likeness (QED) is 0.168. The molecule has 0 unspecified atom stereocenters. The van der Waals surface area contributed by atoms with Gasteiger partial charge in [-0.3, -0.25) is 0 Å². The summed E-state index contributed by atoms with van der Waals surface area (Å²) >= 11 is 0. The Bertz CT molecular complexity index is 2900. The van der Waals surface area contributed by atoms with E-state index in [-0.39, 0.29) is 0 Å². The van der Waals surface area contributed by atoms with Crippen molar-refractivity contribution in [2.75, 3.05) is 4.90 Å². The van der Waals surface area contributed by atoms with Crippen LogP contribution in [0.1, 0.15) is 0 Å². The molecular formula is C50H33N. The summed E-state index contributed by atoms with van der Waals surface area (Å²) in [6.45, 7) is 0. The molecular weight excluding hydrogens is 615 g/mol. The summed E-state index contributed by atoms with van der Waals surface area (Å²) in [6.07, 6.45) is 0. The second-order valence-corrected chi connectivity index (χ2v) is 13.4. The number of hydrogen-bond acceptors (Lipinski definition) is 1. The van der Waals surface area contributed by atoms with Crippen molar-refractivity contribution in [2.45, 2.75) is 0 Å². The van der Waals surface area contributed by atoms with Crippen molar-refractivity contribution < 1.29 is 0 Å². The van der Waals surface area contributed by atoms with Gasteiger partial charge >= 0.3 is 0 Å². The van der Waals surface area contributed by atoms with Gasteiger partial charge in [-0.25, -0.2) is 0 Å². The molecule has 0 aliphatic heterocycles. The zero-order chi connectivity index (χ0) is 33.7. The minimum Gasteiger partial charge on any atom is -0.310 e. The van der Waals surface area contributed by atoms with Crippen LogP contribution in [-0.2, 0) is 0 Å². The van der Waals surface area contributed by atoms with E-state index < -0.39 is 0 Å². The summed E-state index contributed by atoms with van der Waals surface area (Å²) in [5.74, 6) is 0. The van der Waals surface area contributed by atoms with Gasteiger partial charge in [0.1, 0.15) is 0 Å². The molecule has 238 valence electrons. The third-order valence-corrected chi connectivity index (χ3v) is 10.4. The molecule has 0 aromatic heterocycles. The molecule has 1 heteroatoms. The molecule has 0 saturated heterocycles. The van der Waals surface area contributed by atoms with Gasteiger partial charge in [0.25, 0.3) is 0 Å². The van der Waals surface area contributed by atoms with Crippen molar-refractivity contribution in [1.29, 1.82) is 0 Å². The Morgan fingerprint density at radius 3 is 1.45 bits per heavy atom. The maximum absolute atomic E-state index is 2.38. The highest BCUT2D eigenvalue weighted by atomic mass is 15.1. The van der Waals surface area contributed by atoms with Gasteiger partial charge in [-0.05, 0) is 119 Å². The van der Waals surface area contributed by atoms with Gasteiger partial charge in [-0.15, -0.1) is 0 Å². The van der Waals surface area contributed by atoms with Crippen LogP contribution in [0.15, 0.2) is 200 Å². The maximum Gasteiger partial charge on any atom is 0.0468 e. The fourth-order valence-corrected chi connectivity index (χ4v) is 7.84. The smallest absolute Gasteiger partial charge is 0.0468 e. The second kappa shape index (κ2) is 12.0. The molecule has 0 aliphatic carbocycles. The Morgan fingerprint density at radius 2 is 0.686 bits per heavy atom. The fourth-order valence-electron chi connectivity index (χ4n) is 7.84. The first kappa shape index (κ1) is 29.2. The third-order valence-electron chi connectivity index (χ3n) is 10.4. The van der Waals surface area contributed by atoms with Crippen molar-refractivity contribution in [2.24, 2.45) is 0 Å². The van der Waals surface area contributed by atoms with Crippen LogP contribution in [0, 0.1) is 0 Å². The Morgan fingerprint density at radius 1 is 0.216 bits per heavy atom. The standard InChI is InChI=1S/C50H33N/c1-2-9-34(10-3-1)39-13-8-14-43(32-39)51(44-27-21-38-18-17-36-11-5-7-16-46(36)50(38)33-44)42-25-19-35(20-26-42)40-23-28-47-41(31-40)24-30-48-45-15-6-4-12-37(45)22-29-49(47)48/h1-33H. The molecule has 0 N–H and O–H groups in total. The maximum atomic E-state index is 2.38. The number of benzene rings is 10. The summed E-state index contributed by atoms with van der Waals surface area (Å²) in [5, 5.41) is 12.7. The van der Waals surface area contributed by atoms with Crippen LogP contribution < -0.4 is 4.90 Å². The van der Waals surface area contributed by atoms with Crippen LogP contribution in [0.25, 0.3) is 76.1 Å². The minimum atomic E-state index is 1.11. The molecule has 0 heterocycles. The lowest BCUT2D eigenvalue weighted by Crippen LogP contribution is -2.10. The normalized spacial score (nSPS) is 11.5. The van der Waals surface area contributed by atoms with Gasteiger partial charge < -0.3 is 4.90 Å². The first-order valence-electron chi connectivity index (χ1n) is 17.6. The molecule has 10 aromatic carbocycles. The van der Waals surface area contributed by atoms with E-state index in [0.29, 0.717) is 0 Å². The molecule has 1 nitrogen and oxygen atoms in total. The highest BCUT2D eigenvalue weighted by Gasteiger charge is 2.16. The van der Waals surface area contributed by atoms with Crippen molar-refractivity contribution >= 4 is 70.9 Å². The van der Waals surface area contributed by atoms with Crippen LogP contribution in [0.3, 0.4) is 0 Å². The van der Waals surface area contributed by atoms with Crippen LogP contribution in [0.5, 0.6) is 0 Å². The monoisotopic (exact) mass is 647 g/mol. The summed E-state index contributed by atoms with van der Waals surface area (Å²) in [4.78, 5) is 2.38. The molecule has 0 fully saturated rings. The van der Waals surface area contributed by atoms with E-state index in [1.807, 2.05) is 0 Å². The van der Waals surface area contributed by atoms with Gasteiger partial charge in [0.05, 0.1) is 0 Å². The lowest BCUT2D eigenvalue weighted by Gasteiger charge is -2.27. The van der Waals surface area contributed by atoms with Crippen LogP contribution in [0.2, 0.25) is 0 Å². The van der Waals surface area contributed by atoms with Crippen molar-refractivity contribution in [3.05, 3.63) is 200 Å². The van der Waals surface area contributed by atoms with E-state index in [2.05, 4.69) is 205 Å². The first-order chi connectivity index (χ1) is 25.3. The molecule has 10 rings (SSSR count). The largest absolute Gasteiger partial charge is 0.310 e. The average molecular weight is 648 g/mol. The number of nitrogens with zero attached hydrogens (tertiary/aromatic N) is 1. The Labute approximate surface area is 297 Å². The SMILES string of the molecule is c1ccc(-c2cccc(N(c3ccc(-c4ccc5c(ccc6c7ccccc7ccc56)c4)cc3)c3ccc4ccc5ccccc5c4c3)c2)cc1. The van der Waals surface area contributed by atoms with Gasteiger partial charge in [0, 0.05) is 17.1 Å². The zero-order valence-electron chi connectivity index (χ0n) is 28.0. The molecule has 0 saturated carbocycles. The molecule has 0 atom stereocenters. The predicted octanol–water partition coefficient (Wildman–Crippen LogP) is 14.3. The van der Waals surface area contributed by atoms with Crippen LogP contribution in [-0.4, -0.2) is 0 Å². The van der Waals surface area contributed by atoms with Crippen molar-refractivity contribution in [3.8, 4) is 22.3 Å². The van der Waals surface area contributed by atoms with E-state index >= 15 is 0 Å². The number of hydrogen-bond donors (Lipinski definition) is 0. The van der Waals surface area contributed by atoms with Gasteiger partial charge in [0.2, 0.25) is 0 Å². The minimum absolute atomic E-state index is 1.11. The molecule has 0 spiro atoms. The van der Waals surface area contributed by atoms with E-state index in [4.69, 9.17) is 0 Å². The Hall–Kier alpha value is -6.70. The molecule has 0 aliphatic rings.